The summed E-state index contributed by atoms with van der Waals surface area (Å²) in [5.41, 5.74) is -0.436. The molecule has 0 amide bonds. The SMILES string of the molecule is NS(=O)(=O)CCCCCOc1c(F)cccc1[N+](=O)[O-]. The van der Waals surface area contributed by atoms with E-state index in [9.17, 15) is 22.9 Å². The molecule has 0 aliphatic heterocycles. The van der Waals surface area contributed by atoms with Gasteiger partial charge in [-0.15, -0.1) is 0 Å². The lowest BCUT2D eigenvalue weighted by molar-refractivity contribution is -0.386. The number of ether oxygens (including phenoxy) is 1. The Morgan fingerprint density at radius 2 is 2.00 bits per heavy atom. The van der Waals surface area contributed by atoms with E-state index in [0.29, 0.717) is 19.3 Å². The molecule has 0 atom stereocenters. The van der Waals surface area contributed by atoms with Gasteiger partial charge in [-0.2, -0.15) is 0 Å². The third kappa shape index (κ3) is 5.49. The van der Waals surface area contributed by atoms with Gasteiger partial charge in [-0.25, -0.2) is 17.9 Å². The van der Waals surface area contributed by atoms with Crippen LogP contribution in [-0.2, 0) is 10.0 Å². The maximum atomic E-state index is 13.4. The van der Waals surface area contributed by atoms with Gasteiger partial charge in [-0.05, 0) is 25.3 Å². The van der Waals surface area contributed by atoms with Crippen molar-refractivity contribution in [3.63, 3.8) is 0 Å². The second kappa shape index (κ2) is 7.15. The first-order valence-corrected chi connectivity index (χ1v) is 7.59. The van der Waals surface area contributed by atoms with Gasteiger partial charge in [0, 0.05) is 6.07 Å². The maximum absolute atomic E-state index is 13.4. The number of halogens is 1. The Bertz CT molecular complexity index is 576. The smallest absolute Gasteiger partial charge is 0.314 e. The lowest BCUT2D eigenvalue weighted by atomic mass is 10.2. The molecule has 112 valence electrons. The number of rotatable bonds is 8. The van der Waals surface area contributed by atoms with Gasteiger partial charge in [0.15, 0.2) is 5.82 Å². The van der Waals surface area contributed by atoms with Crippen molar-refractivity contribution in [2.45, 2.75) is 19.3 Å². The van der Waals surface area contributed by atoms with Gasteiger partial charge >= 0.3 is 5.69 Å². The largest absolute Gasteiger partial charge is 0.485 e. The summed E-state index contributed by atoms with van der Waals surface area (Å²) in [6.45, 7) is 0.0619. The Morgan fingerprint density at radius 1 is 1.30 bits per heavy atom. The molecule has 7 nitrogen and oxygen atoms in total. The molecule has 0 heterocycles. The van der Waals surface area contributed by atoms with Crippen LogP contribution in [0.15, 0.2) is 18.2 Å². The third-order valence-corrected chi connectivity index (χ3v) is 3.32. The van der Waals surface area contributed by atoms with Crippen molar-refractivity contribution in [3.05, 3.63) is 34.1 Å². The average Bonchev–Trinajstić information content (AvgIpc) is 2.33. The molecular formula is C11H15FN2O5S. The highest BCUT2D eigenvalue weighted by Crippen LogP contribution is 2.29. The van der Waals surface area contributed by atoms with Gasteiger partial charge in [0.05, 0.1) is 17.3 Å². The summed E-state index contributed by atoms with van der Waals surface area (Å²) >= 11 is 0. The molecule has 20 heavy (non-hydrogen) atoms. The van der Waals surface area contributed by atoms with Crippen molar-refractivity contribution in [1.29, 1.82) is 0 Å². The predicted octanol–water partition coefficient (Wildman–Crippen LogP) is 1.57. The van der Waals surface area contributed by atoms with Crippen LogP contribution >= 0.6 is 0 Å². The Kier molecular flexibility index (Phi) is 5.83. The lowest BCUT2D eigenvalue weighted by Crippen LogP contribution is -2.16. The topological polar surface area (TPSA) is 113 Å². The molecule has 2 N–H and O–H groups in total. The second-order valence-electron chi connectivity index (χ2n) is 4.12. The molecule has 1 rings (SSSR count). The Hall–Kier alpha value is -1.74. The Labute approximate surface area is 115 Å². The molecule has 0 aliphatic carbocycles. The fourth-order valence-electron chi connectivity index (χ4n) is 1.54. The van der Waals surface area contributed by atoms with Gasteiger partial charge in [-0.3, -0.25) is 10.1 Å². The van der Waals surface area contributed by atoms with Gasteiger partial charge in [0.2, 0.25) is 15.8 Å². The zero-order valence-corrected chi connectivity index (χ0v) is 11.4. The molecule has 0 saturated carbocycles. The highest BCUT2D eigenvalue weighted by molar-refractivity contribution is 7.89. The molecular weight excluding hydrogens is 291 g/mol. The van der Waals surface area contributed by atoms with Crippen molar-refractivity contribution >= 4 is 15.7 Å². The molecule has 0 fully saturated rings. The molecule has 1 aromatic rings. The summed E-state index contributed by atoms with van der Waals surface area (Å²) in [5.74, 6) is -1.33. The third-order valence-electron chi connectivity index (χ3n) is 2.46. The summed E-state index contributed by atoms with van der Waals surface area (Å²) < 4.78 is 39.8. The Balaban J connectivity index is 2.45. The first-order valence-electron chi connectivity index (χ1n) is 5.87. The average molecular weight is 306 g/mol. The first kappa shape index (κ1) is 16.3. The van der Waals surface area contributed by atoms with E-state index in [1.165, 1.54) is 6.07 Å². The zero-order valence-electron chi connectivity index (χ0n) is 10.6. The summed E-state index contributed by atoms with van der Waals surface area (Å²) in [5, 5.41) is 15.5. The minimum absolute atomic E-state index is 0.0619. The van der Waals surface area contributed by atoms with E-state index in [-0.39, 0.29) is 12.4 Å². The summed E-state index contributed by atoms with van der Waals surface area (Å²) in [6.07, 6.45) is 1.32. The fraction of sp³-hybridized carbons (Fsp3) is 0.455. The molecule has 0 bridgehead atoms. The second-order valence-corrected chi connectivity index (χ2v) is 5.86. The van der Waals surface area contributed by atoms with Gasteiger partial charge < -0.3 is 4.74 Å². The van der Waals surface area contributed by atoms with Crippen molar-refractivity contribution in [2.75, 3.05) is 12.4 Å². The molecule has 0 aromatic heterocycles. The number of nitro groups is 1. The highest BCUT2D eigenvalue weighted by Gasteiger charge is 2.18. The molecule has 0 spiro atoms. The van der Waals surface area contributed by atoms with E-state index in [1.54, 1.807) is 0 Å². The Morgan fingerprint density at radius 3 is 2.60 bits per heavy atom. The van der Waals surface area contributed by atoms with Crippen LogP contribution in [0.4, 0.5) is 10.1 Å². The summed E-state index contributed by atoms with van der Waals surface area (Å²) in [7, 11) is -3.48. The molecule has 0 aliphatic rings. The minimum atomic E-state index is -3.48. The van der Waals surface area contributed by atoms with Crippen LogP contribution in [0.3, 0.4) is 0 Å². The van der Waals surface area contributed by atoms with Crippen LogP contribution in [0.5, 0.6) is 5.75 Å². The normalized spacial score (nSPS) is 11.3. The monoisotopic (exact) mass is 306 g/mol. The number of unbranched alkanes of at least 4 members (excludes halogenated alkanes) is 2. The number of benzene rings is 1. The quantitative estimate of drug-likeness (QED) is 0.445. The van der Waals surface area contributed by atoms with E-state index in [1.807, 2.05) is 0 Å². The van der Waals surface area contributed by atoms with E-state index in [2.05, 4.69) is 0 Å². The predicted molar refractivity (Wildman–Crippen MR) is 70.4 cm³/mol. The zero-order chi connectivity index (χ0) is 15.2. The van der Waals surface area contributed by atoms with Crippen LogP contribution in [0.2, 0.25) is 0 Å². The van der Waals surface area contributed by atoms with E-state index in [0.717, 1.165) is 12.1 Å². The van der Waals surface area contributed by atoms with Crippen LogP contribution in [-0.4, -0.2) is 25.7 Å². The number of nitrogens with zero attached hydrogens (tertiary/aromatic N) is 1. The van der Waals surface area contributed by atoms with Crippen LogP contribution in [0.25, 0.3) is 0 Å². The number of para-hydroxylation sites is 1. The number of nitrogens with two attached hydrogens (primary N) is 1. The van der Waals surface area contributed by atoms with Crippen LogP contribution < -0.4 is 9.88 Å². The number of primary sulfonamides is 1. The van der Waals surface area contributed by atoms with Crippen molar-refractivity contribution < 1.29 is 22.5 Å². The highest BCUT2D eigenvalue weighted by atomic mass is 32.2. The van der Waals surface area contributed by atoms with Crippen molar-refractivity contribution in [1.82, 2.24) is 0 Å². The number of sulfonamides is 1. The first-order chi connectivity index (χ1) is 9.31. The van der Waals surface area contributed by atoms with Crippen LogP contribution in [0, 0.1) is 15.9 Å². The summed E-state index contributed by atoms with van der Waals surface area (Å²) in [4.78, 5) is 9.98. The number of hydrogen-bond acceptors (Lipinski definition) is 5. The number of nitro benzene ring substituents is 1. The van der Waals surface area contributed by atoms with E-state index in [4.69, 9.17) is 9.88 Å². The fourth-order valence-corrected chi connectivity index (χ4v) is 2.15. The summed E-state index contributed by atoms with van der Waals surface area (Å²) in [6, 6.07) is 3.45. The van der Waals surface area contributed by atoms with Gasteiger partial charge in [0.1, 0.15) is 0 Å². The molecule has 0 unspecified atom stereocenters. The standard InChI is InChI=1S/C11H15FN2O5S/c12-9-5-4-6-10(14(15)16)11(9)19-7-2-1-3-8-20(13,17)18/h4-6H,1-3,7-8H2,(H2,13,17,18). The molecule has 9 heteroatoms. The lowest BCUT2D eigenvalue weighted by Gasteiger charge is -2.07. The van der Waals surface area contributed by atoms with Gasteiger partial charge in [0.25, 0.3) is 0 Å². The van der Waals surface area contributed by atoms with Crippen LogP contribution in [0.1, 0.15) is 19.3 Å². The van der Waals surface area contributed by atoms with Crippen molar-refractivity contribution in [2.24, 2.45) is 5.14 Å². The van der Waals surface area contributed by atoms with E-state index >= 15 is 0 Å². The number of hydrogen-bond donors (Lipinski definition) is 1. The molecule has 0 saturated heterocycles. The van der Waals surface area contributed by atoms with Crippen molar-refractivity contribution in [3.8, 4) is 5.75 Å². The van der Waals surface area contributed by atoms with Gasteiger partial charge in [-0.1, -0.05) is 6.07 Å². The molecule has 1 aromatic carbocycles. The minimum Gasteiger partial charge on any atom is -0.485 e. The van der Waals surface area contributed by atoms with E-state index < -0.39 is 32.2 Å². The molecule has 0 radical (unpaired) electrons. The maximum Gasteiger partial charge on any atom is 0.314 e.